The third-order valence-electron chi connectivity index (χ3n) is 21.7. The second kappa shape index (κ2) is 61.2. The number of aromatic nitrogens is 23. The molecule has 0 saturated carbocycles. The van der Waals surface area contributed by atoms with Gasteiger partial charge in [0.25, 0.3) is 0 Å². The van der Waals surface area contributed by atoms with Gasteiger partial charge in [0, 0.05) is 133 Å². The third kappa shape index (κ3) is 37.3. The first kappa shape index (κ1) is 123. The number of carbonyl (C=O) groups excluding carboxylic acids is 4. The summed E-state index contributed by atoms with van der Waals surface area (Å²) in [4.78, 5) is 146. The summed E-state index contributed by atoms with van der Waals surface area (Å²) in [6.45, 7) is 29.1. The number of carboxylic acids is 2. The van der Waals surface area contributed by atoms with E-state index in [0.29, 0.717) is 29.3 Å². The molecule has 768 valence electrons. The summed E-state index contributed by atoms with van der Waals surface area (Å²) in [6, 6.07) is 42.1. The number of benzene rings is 3. The number of pyridine rings is 3. The van der Waals surface area contributed by atoms with Gasteiger partial charge in [0.15, 0.2) is 35.1 Å². The Morgan fingerprint density at radius 1 is 0.418 bits per heavy atom. The Morgan fingerprint density at radius 3 is 1.12 bits per heavy atom. The van der Waals surface area contributed by atoms with Crippen molar-refractivity contribution in [1.82, 2.24) is 113 Å². The number of hydrogen-bond acceptors (Lipinski definition) is 30. The summed E-state index contributed by atoms with van der Waals surface area (Å²) in [7, 11) is 7.10. The van der Waals surface area contributed by atoms with Crippen molar-refractivity contribution in [3.8, 4) is 33.8 Å². The van der Waals surface area contributed by atoms with E-state index in [0.717, 1.165) is 177 Å². The first-order valence-electron chi connectivity index (χ1n) is 44.7. The molecule has 0 radical (unpaired) electrons. The fraction of sp³-hybridized carbons (Fsp3) is 0.264. The molecule has 1 atom stereocenters. The van der Waals surface area contributed by atoms with Gasteiger partial charge in [-0.05, 0) is 138 Å². The van der Waals surface area contributed by atoms with Crippen molar-refractivity contribution in [2.75, 3.05) is 13.7 Å². The molecular formula is C106H126Cl4N25O10P. The van der Waals surface area contributed by atoms with Gasteiger partial charge in [0.2, 0.25) is 0 Å². The standard InChI is InChI=1S/C25H24ClN2P.C17H19N5.C17H17N5.C10H9N3O.C8H10N2O2.C7H9ClN2.C7H8N2O2.C7H10N2O.C4H6O2.C3H8N2O2.CH4.2ClH/c1-20-21(2)28-22(18-27-20)19-29(26,23-12-6-3-7-13-23,24-14-8-4-9-15-24)25-16-10-5-11-17-25;2*1-12-13(2)20-15(10-19-12)6-7-17-21-16(11-22(17)3)14-5-4-8-18-9-14;1-13-6-9(12-10(13)7-14)8-3-2-4-11-5-8;1-5-6(2)10-7(4-9-5)8(11)12-3;1-5-6(2)10-7(3-8)4-9-5;1-4-5(2)9-6(3-8-4)7(10)11;1-5-6(2)9-7(4-10)3-8-5;1-3(5)4(2)6;4-1-2(5)3(6)7;;;/h3-18H,19H2,1-2H3;4-5,8-11H,6-7H2,1-3H3;4-11H,1-3H3;2-7H,1H3;4H,1-3H3;4H,3H2,1-2H3;3H,1-2H3,(H,10,11);3,10H,4H2,1-2H3;1-2H3;2H,1,4-5H2,(H,6,7);1H4;2*1H. The largest absolute Gasteiger partial charge is 0.480 e. The Kier molecular flexibility index (Phi) is 51.6. The second-order valence-corrected chi connectivity index (χ2v) is 38.9. The number of aldehydes is 1. The molecule has 0 fully saturated rings. The molecule has 0 bridgehead atoms. The SMILES string of the molecule is C.CC(=O)C(C)=O.COC(=O)c1cnc(C)c(C)n1.Cc1ncc(C(=O)O)nc1C.Cc1ncc(C=Cc2nc(-c3cccnc3)cn2C)nc1C.Cc1ncc(CCc2nc(-c3cccnc3)cn2C)nc1C.Cc1ncc(CCl)nc1C.Cc1ncc(CO)nc1C.Cc1ncc(CP(Cl)(c2ccccc2)(c2ccccc2)c2ccccc2)nc1C.Cl.Cl.Cn1cc(-c2cccnc2)nc1C=O.NCC(N)C(=O)O. The zero-order chi connectivity index (χ0) is 105. The van der Waals surface area contributed by atoms with Gasteiger partial charge in [-0.1, -0.05) is 7.43 Å². The maximum atomic E-state index is 11.0. The summed E-state index contributed by atoms with van der Waals surface area (Å²) in [6.07, 6.45) is 34.8. The molecule has 0 amide bonds. The Balaban J connectivity index is 0.000000349. The van der Waals surface area contributed by atoms with Crippen molar-refractivity contribution in [2.45, 2.75) is 156 Å². The fourth-order valence-electron chi connectivity index (χ4n) is 12.4. The number of aryl methyl sites for hydroxylation is 19. The van der Waals surface area contributed by atoms with Crippen LogP contribution in [0.2, 0.25) is 0 Å². The van der Waals surface area contributed by atoms with Crippen LogP contribution in [0.15, 0.2) is 227 Å². The average molecular weight is 2080 g/mol. The van der Waals surface area contributed by atoms with Gasteiger partial charge in [-0.25, -0.2) is 34.5 Å². The van der Waals surface area contributed by atoms with Crippen LogP contribution in [0.25, 0.3) is 45.9 Å². The van der Waals surface area contributed by atoms with E-state index < -0.39 is 29.9 Å². The van der Waals surface area contributed by atoms with Crippen LogP contribution in [0.5, 0.6) is 0 Å². The number of alkyl halides is 1. The Morgan fingerprint density at radius 2 is 0.767 bits per heavy atom. The van der Waals surface area contributed by atoms with Crippen molar-refractivity contribution in [1.29, 1.82) is 0 Å². The Bertz CT molecular complexity index is 6760. The molecule has 16 aromatic rings. The van der Waals surface area contributed by atoms with Crippen molar-refractivity contribution >= 4 is 117 Å². The van der Waals surface area contributed by atoms with Crippen LogP contribution >= 0.6 is 53.6 Å². The van der Waals surface area contributed by atoms with Crippen molar-refractivity contribution in [3.05, 3.63) is 364 Å². The van der Waals surface area contributed by atoms with E-state index in [9.17, 15) is 28.8 Å². The molecule has 40 heteroatoms. The number of methoxy groups -OCH3 is 1. The number of carbonyl (C=O) groups is 6. The second-order valence-electron chi connectivity index (χ2n) is 32.2. The van der Waals surface area contributed by atoms with Gasteiger partial charge in [0.05, 0.1) is 153 Å². The van der Waals surface area contributed by atoms with Crippen LogP contribution in [0.3, 0.4) is 0 Å². The van der Waals surface area contributed by atoms with Gasteiger partial charge < -0.3 is 45.2 Å². The van der Waals surface area contributed by atoms with E-state index >= 15 is 0 Å². The molecule has 7 N–H and O–H groups in total. The maximum absolute atomic E-state index is 11.0. The summed E-state index contributed by atoms with van der Waals surface area (Å²) < 4.78 is 10.2. The number of carboxylic acid groups (broad SMARTS) is 2. The number of imidazole rings is 3. The van der Waals surface area contributed by atoms with E-state index in [1.807, 2.05) is 199 Å². The van der Waals surface area contributed by atoms with E-state index in [1.165, 1.54) is 33.4 Å². The van der Waals surface area contributed by atoms with Gasteiger partial charge in [-0.15, -0.1) is 36.4 Å². The topological polar surface area (TPSA) is 497 Å². The number of esters is 1. The Labute approximate surface area is 873 Å². The quantitative estimate of drug-likeness (QED) is 0.0147. The van der Waals surface area contributed by atoms with Crippen molar-refractivity contribution < 1.29 is 48.8 Å². The van der Waals surface area contributed by atoms with E-state index in [1.54, 1.807) is 82.0 Å². The molecule has 0 saturated heterocycles. The molecule has 146 heavy (non-hydrogen) atoms. The number of aliphatic carboxylic acids is 1. The van der Waals surface area contributed by atoms with E-state index in [-0.39, 0.29) is 68.3 Å². The fourth-order valence-corrected chi connectivity index (χ4v) is 18.5. The van der Waals surface area contributed by atoms with Crippen LogP contribution in [0, 0.1) is 96.9 Å². The van der Waals surface area contributed by atoms with Crippen LogP contribution in [0.1, 0.15) is 173 Å². The molecule has 0 aliphatic carbocycles. The molecule has 0 spiro atoms. The minimum absolute atomic E-state index is 0. The predicted octanol–water partition coefficient (Wildman–Crippen LogP) is 16.4. The van der Waals surface area contributed by atoms with Crippen molar-refractivity contribution in [3.63, 3.8) is 0 Å². The van der Waals surface area contributed by atoms with Gasteiger partial charge in [-0.3, -0.25) is 84.0 Å². The minimum atomic E-state index is -3.35. The molecule has 35 nitrogen and oxygen atoms in total. The molecule has 16 rings (SSSR count). The summed E-state index contributed by atoms with van der Waals surface area (Å²) in [5.41, 5.74) is 32.3. The predicted molar refractivity (Wildman–Crippen MR) is 577 cm³/mol. The molecular weight excluding hydrogens is 1960 g/mol. The first-order chi connectivity index (χ1) is 68.1. The number of hydrogen-bond donors (Lipinski definition) is 5. The molecule has 13 heterocycles. The monoisotopic (exact) mass is 2080 g/mol. The number of rotatable bonds is 21. The van der Waals surface area contributed by atoms with Gasteiger partial charge >= 0.3 is 195 Å². The van der Waals surface area contributed by atoms with E-state index in [2.05, 4.69) is 172 Å². The number of aromatic carboxylic acids is 1. The maximum Gasteiger partial charge on any atom is 0.321 e. The van der Waals surface area contributed by atoms with Crippen LogP contribution < -0.4 is 27.4 Å². The number of Topliss-reactive ketones (excluding diaryl/α,β-unsaturated/α-hetero) is 2. The molecule has 0 aliphatic heterocycles. The number of aliphatic hydroxyl groups excluding tert-OH is 1. The Hall–Kier alpha value is -15.1. The van der Waals surface area contributed by atoms with E-state index in [4.69, 9.17) is 59.6 Å². The van der Waals surface area contributed by atoms with Crippen LogP contribution in [-0.2, 0) is 71.8 Å². The zero-order valence-electron chi connectivity index (χ0n) is 84.6. The normalized spacial score (nSPS) is 10.7. The smallest absolute Gasteiger partial charge is 0.321 e. The van der Waals surface area contributed by atoms with Crippen LogP contribution in [0.4, 0.5) is 0 Å². The number of ether oxygens (including phenoxy) is 1. The number of ketones is 2. The summed E-state index contributed by atoms with van der Waals surface area (Å²) in [5, 5.41) is 28.5. The first-order valence-corrected chi connectivity index (χ1v) is 48.6. The summed E-state index contributed by atoms with van der Waals surface area (Å²) in [5.74, 6) is -3.90. The van der Waals surface area contributed by atoms with Crippen molar-refractivity contribution in [2.24, 2.45) is 32.6 Å². The number of nitrogens with two attached hydrogens (primary N) is 2. The number of aliphatic hydroxyl groups is 1. The molecule has 1 unspecified atom stereocenters. The third-order valence-corrected chi connectivity index (χ3v) is 29.1. The molecule has 0 aliphatic rings. The number of nitrogens with zero attached hydrogens (tertiary/aromatic N) is 23. The molecule has 3 aromatic carbocycles. The van der Waals surface area contributed by atoms with Crippen LogP contribution in [-0.4, -0.2) is 184 Å². The van der Waals surface area contributed by atoms with Gasteiger partial charge in [0.1, 0.15) is 17.7 Å². The average Bonchev–Trinajstić information content (AvgIpc) is 1.18. The number of halogens is 4. The molecule has 13 aromatic heterocycles. The zero-order valence-corrected chi connectivity index (χ0v) is 88.6. The minimum Gasteiger partial charge on any atom is -0.480 e. The van der Waals surface area contributed by atoms with Gasteiger partial charge in [-0.2, -0.15) is 0 Å². The summed E-state index contributed by atoms with van der Waals surface area (Å²) >= 11 is 13.6.